The number of fused-ring (bicyclic) bond motifs is 8. The first-order valence-corrected chi connectivity index (χ1v) is 20.6. The van der Waals surface area contributed by atoms with E-state index in [9.17, 15) is 0 Å². The highest BCUT2D eigenvalue weighted by atomic mass is 16.3. The van der Waals surface area contributed by atoms with Gasteiger partial charge in [0.05, 0.1) is 0 Å². The maximum absolute atomic E-state index is 6.91. The van der Waals surface area contributed by atoms with Crippen LogP contribution < -0.4 is 9.80 Å². The number of rotatable bonds is 6. The summed E-state index contributed by atoms with van der Waals surface area (Å²) in [6.07, 6.45) is 0. The minimum Gasteiger partial charge on any atom is -0.455 e. The summed E-state index contributed by atoms with van der Waals surface area (Å²) in [5.41, 5.74) is 15.0. The van der Waals surface area contributed by atoms with Crippen LogP contribution in [0.4, 0.5) is 34.1 Å². The molecule has 60 heavy (non-hydrogen) atoms. The number of hydrogen-bond donors (Lipinski definition) is 0. The van der Waals surface area contributed by atoms with E-state index in [4.69, 9.17) is 8.83 Å². The fourth-order valence-corrected chi connectivity index (χ4v) is 9.32. The smallest absolute Gasteiger partial charge is 0.143 e. The topological polar surface area (TPSA) is 32.8 Å². The van der Waals surface area contributed by atoms with Gasteiger partial charge < -0.3 is 18.6 Å². The Morgan fingerprint density at radius 3 is 0.917 bits per heavy atom. The van der Waals surface area contributed by atoms with Gasteiger partial charge in [0.15, 0.2) is 0 Å². The fraction of sp³-hybridized carbons (Fsp3) is 0.0714. The van der Waals surface area contributed by atoms with Crippen molar-refractivity contribution >= 4 is 110 Å². The molecule has 0 amide bonds. The largest absolute Gasteiger partial charge is 0.455 e. The molecule has 0 bridgehead atoms. The summed E-state index contributed by atoms with van der Waals surface area (Å²) in [7, 11) is 0. The van der Waals surface area contributed by atoms with Gasteiger partial charge in [0.2, 0.25) is 0 Å². The SMILES string of the molecule is Cc1ccc(N(c2ccc(C)cc2)c2ccc3c(c2)oc2c3cc3ccc4c5oc6cc(N(c7ccc(C)cc7)c7ccc(C)cc7)ccc6c5cc5ccc2c3c54)cc1. The molecule has 12 rings (SSSR count). The minimum absolute atomic E-state index is 0.863. The van der Waals surface area contributed by atoms with Crippen molar-refractivity contribution in [1.82, 2.24) is 0 Å². The Morgan fingerprint density at radius 1 is 0.283 bits per heavy atom. The van der Waals surface area contributed by atoms with Gasteiger partial charge >= 0.3 is 0 Å². The lowest BCUT2D eigenvalue weighted by Gasteiger charge is -2.25. The average molecular weight is 773 g/mol. The van der Waals surface area contributed by atoms with E-state index >= 15 is 0 Å². The summed E-state index contributed by atoms with van der Waals surface area (Å²) in [4.78, 5) is 4.60. The Bertz CT molecular complexity index is 3280. The summed E-state index contributed by atoms with van der Waals surface area (Å²) in [6, 6.07) is 61.7. The third kappa shape index (κ3) is 5.31. The van der Waals surface area contributed by atoms with E-state index < -0.39 is 0 Å². The molecule has 4 heteroatoms. The molecule has 0 saturated carbocycles. The van der Waals surface area contributed by atoms with Crippen molar-refractivity contribution in [2.75, 3.05) is 9.80 Å². The van der Waals surface area contributed by atoms with Crippen molar-refractivity contribution in [3.05, 3.63) is 192 Å². The normalized spacial score (nSPS) is 12.0. The van der Waals surface area contributed by atoms with Crippen LogP contribution in [0.15, 0.2) is 179 Å². The molecule has 0 N–H and O–H groups in total. The van der Waals surface area contributed by atoms with Crippen molar-refractivity contribution in [1.29, 1.82) is 0 Å². The molecule has 0 unspecified atom stereocenters. The quantitative estimate of drug-likeness (QED) is 0.158. The van der Waals surface area contributed by atoms with Gasteiger partial charge in [-0.15, -0.1) is 0 Å². The number of anilines is 6. The summed E-state index contributed by atoms with van der Waals surface area (Å²) in [5.74, 6) is 0. The molecular formula is C56H40N2O2. The van der Waals surface area contributed by atoms with E-state index in [-0.39, 0.29) is 0 Å². The molecule has 12 aromatic rings. The lowest BCUT2D eigenvalue weighted by molar-refractivity contribution is 0.672. The van der Waals surface area contributed by atoms with Gasteiger partial charge in [0.1, 0.15) is 22.3 Å². The molecule has 0 atom stereocenters. The van der Waals surface area contributed by atoms with Gasteiger partial charge in [-0.1, -0.05) is 82.9 Å². The molecule has 0 fully saturated rings. The van der Waals surface area contributed by atoms with Crippen molar-refractivity contribution in [3.8, 4) is 0 Å². The zero-order valence-corrected chi connectivity index (χ0v) is 33.9. The number of benzene rings is 10. The maximum Gasteiger partial charge on any atom is 0.143 e. The standard InChI is InChI=1S/C56H40N2O2/c1-33-5-15-39(16-6-33)57(40-17-7-34(2)8-18-40)43-23-27-45-49-29-37-14-26-48-54-38(13-25-47(53(37)54)55(49)59-51(45)31-43)30-50-46-28-24-44(32-52(46)60-56(48)50)58(41-19-9-35(3)10-20-41)42-21-11-36(4)12-22-42/h5-32H,1-4H3. The Kier molecular flexibility index (Phi) is 7.45. The second-order valence-electron chi connectivity index (χ2n) is 16.5. The van der Waals surface area contributed by atoms with E-state index in [1.54, 1.807) is 0 Å². The van der Waals surface area contributed by atoms with Crippen LogP contribution in [-0.2, 0) is 0 Å². The van der Waals surface area contributed by atoms with Crippen LogP contribution in [0.2, 0.25) is 0 Å². The van der Waals surface area contributed by atoms with E-state index in [0.717, 1.165) is 88.8 Å². The van der Waals surface area contributed by atoms with Crippen LogP contribution in [0.3, 0.4) is 0 Å². The molecule has 4 nitrogen and oxygen atoms in total. The van der Waals surface area contributed by atoms with Crippen molar-refractivity contribution in [3.63, 3.8) is 0 Å². The molecule has 0 aliphatic carbocycles. The second kappa shape index (κ2) is 13.0. The Morgan fingerprint density at radius 2 is 0.583 bits per heavy atom. The van der Waals surface area contributed by atoms with Crippen molar-refractivity contribution < 1.29 is 8.83 Å². The Hall–Kier alpha value is -7.56. The zero-order chi connectivity index (χ0) is 40.2. The van der Waals surface area contributed by atoms with E-state index in [0.29, 0.717) is 0 Å². The van der Waals surface area contributed by atoms with Gasteiger partial charge in [0, 0.05) is 89.3 Å². The Balaban J connectivity index is 1.02. The van der Waals surface area contributed by atoms with Crippen LogP contribution in [0.5, 0.6) is 0 Å². The van der Waals surface area contributed by atoms with Gasteiger partial charge in [0.25, 0.3) is 0 Å². The highest BCUT2D eigenvalue weighted by molar-refractivity contribution is 6.34. The molecule has 0 aliphatic heterocycles. The van der Waals surface area contributed by atoms with E-state index in [2.05, 4.69) is 207 Å². The first kappa shape index (κ1) is 34.5. The molecule has 2 aromatic heterocycles. The van der Waals surface area contributed by atoms with E-state index in [1.165, 1.54) is 43.8 Å². The summed E-state index contributed by atoms with van der Waals surface area (Å²) in [5, 5.41) is 11.4. The maximum atomic E-state index is 6.91. The van der Waals surface area contributed by atoms with Gasteiger partial charge in [-0.05, 0) is 136 Å². The van der Waals surface area contributed by atoms with Crippen LogP contribution in [-0.4, -0.2) is 0 Å². The first-order chi connectivity index (χ1) is 29.3. The molecule has 10 aromatic carbocycles. The molecule has 286 valence electrons. The van der Waals surface area contributed by atoms with Gasteiger partial charge in [-0.3, -0.25) is 0 Å². The van der Waals surface area contributed by atoms with Crippen LogP contribution in [0.1, 0.15) is 22.3 Å². The molecule has 0 radical (unpaired) electrons. The number of nitrogens with zero attached hydrogens (tertiary/aromatic N) is 2. The number of furan rings is 2. The summed E-state index contributed by atoms with van der Waals surface area (Å²) >= 11 is 0. The molecule has 2 heterocycles. The molecule has 0 saturated heterocycles. The van der Waals surface area contributed by atoms with E-state index in [1.807, 2.05) is 0 Å². The lowest BCUT2D eigenvalue weighted by atomic mass is 9.91. The van der Waals surface area contributed by atoms with Crippen LogP contribution >= 0.6 is 0 Å². The van der Waals surface area contributed by atoms with Crippen molar-refractivity contribution in [2.45, 2.75) is 27.7 Å². The highest BCUT2D eigenvalue weighted by Gasteiger charge is 2.22. The van der Waals surface area contributed by atoms with Crippen molar-refractivity contribution in [2.24, 2.45) is 0 Å². The lowest BCUT2D eigenvalue weighted by Crippen LogP contribution is -2.09. The Labute approximate surface area is 347 Å². The third-order valence-corrected chi connectivity index (χ3v) is 12.4. The third-order valence-electron chi connectivity index (χ3n) is 12.4. The van der Waals surface area contributed by atoms with Gasteiger partial charge in [-0.2, -0.15) is 0 Å². The number of aryl methyl sites for hydroxylation is 4. The average Bonchev–Trinajstić information content (AvgIpc) is 3.83. The molecular weight excluding hydrogens is 733 g/mol. The second-order valence-corrected chi connectivity index (χ2v) is 16.5. The molecule has 0 aliphatic rings. The zero-order valence-electron chi connectivity index (χ0n) is 33.9. The minimum atomic E-state index is 0.863. The first-order valence-electron chi connectivity index (χ1n) is 20.6. The highest BCUT2D eigenvalue weighted by Crippen LogP contribution is 2.47. The van der Waals surface area contributed by atoms with Crippen LogP contribution in [0, 0.1) is 27.7 Å². The fourth-order valence-electron chi connectivity index (χ4n) is 9.32. The number of hydrogen-bond acceptors (Lipinski definition) is 4. The van der Waals surface area contributed by atoms with Gasteiger partial charge in [-0.25, -0.2) is 0 Å². The monoisotopic (exact) mass is 772 g/mol. The predicted molar refractivity (Wildman–Crippen MR) is 253 cm³/mol. The predicted octanol–water partition coefficient (Wildman–Crippen LogP) is 16.6. The molecule has 0 spiro atoms. The summed E-state index contributed by atoms with van der Waals surface area (Å²) in [6.45, 7) is 8.50. The summed E-state index contributed by atoms with van der Waals surface area (Å²) < 4.78 is 13.8. The van der Waals surface area contributed by atoms with Crippen LogP contribution in [0.25, 0.3) is 76.2 Å².